The SMILES string of the molecule is CC(C)CN(C)C(=O)N(C)C1(CC(=O)O)CCCCC1. The first kappa shape index (κ1) is 16.8. The van der Waals surface area contributed by atoms with Crippen LogP contribution < -0.4 is 0 Å². The van der Waals surface area contributed by atoms with Crippen molar-refractivity contribution >= 4 is 12.0 Å². The van der Waals surface area contributed by atoms with Crippen molar-refractivity contribution in [2.24, 2.45) is 5.92 Å². The van der Waals surface area contributed by atoms with Gasteiger partial charge in [-0.3, -0.25) is 4.79 Å². The Hall–Kier alpha value is -1.26. The summed E-state index contributed by atoms with van der Waals surface area (Å²) in [6.07, 6.45) is 4.75. The molecule has 0 atom stereocenters. The van der Waals surface area contributed by atoms with E-state index in [1.54, 1.807) is 23.9 Å². The van der Waals surface area contributed by atoms with Crippen molar-refractivity contribution in [2.75, 3.05) is 20.6 Å². The first-order valence-corrected chi connectivity index (χ1v) is 7.49. The lowest BCUT2D eigenvalue weighted by atomic mass is 9.78. The Morgan fingerprint density at radius 1 is 1.15 bits per heavy atom. The Morgan fingerprint density at radius 3 is 2.15 bits per heavy atom. The van der Waals surface area contributed by atoms with Crippen LogP contribution in [0.3, 0.4) is 0 Å². The molecule has 1 aliphatic rings. The first-order chi connectivity index (χ1) is 9.28. The van der Waals surface area contributed by atoms with E-state index in [-0.39, 0.29) is 12.5 Å². The van der Waals surface area contributed by atoms with Crippen LogP contribution >= 0.6 is 0 Å². The number of hydrogen-bond acceptors (Lipinski definition) is 2. The van der Waals surface area contributed by atoms with Crippen LogP contribution in [0.1, 0.15) is 52.4 Å². The average molecular weight is 284 g/mol. The summed E-state index contributed by atoms with van der Waals surface area (Å²) in [4.78, 5) is 27.1. The monoisotopic (exact) mass is 284 g/mol. The number of carboxylic acids is 1. The highest BCUT2D eigenvalue weighted by molar-refractivity contribution is 5.76. The van der Waals surface area contributed by atoms with Crippen LogP contribution in [0.2, 0.25) is 0 Å². The highest BCUT2D eigenvalue weighted by Gasteiger charge is 2.41. The van der Waals surface area contributed by atoms with Gasteiger partial charge in [0.05, 0.1) is 12.0 Å². The lowest BCUT2D eigenvalue weighted by molar-refractivity contribution is -0.140. The quantitative estimate of drug-likeness (QED) is 0.844. The van der Waals surface area contributed by atoms with E-state index in [1.807, 2.05) is 0 Å². The molecule has 0 unspecified atom stereocenters. The molecule has 0 saturated heterocycles. The minimum atomic E-state index is -0.821. The summed E-state index contributed by atoms with van der Waals surface area (Å²) in [5, 5.41) is 9.19. The zero-order valence-electron chi connectivity index (χ0n) is 13.2. The number of carboxylic acid groups (broad SMARTS) is 1. The lowest BCUT2D eigenvalue weighted by Crippen LogP contribution is -2.55. The molecular formula is C15H28N2O3. The third-order valence-electron chi connectivity index (χ3n) is 4.23. The van der Waals surface area contributed by atoms with Crippen LogP contribution in [0.25, 0.3) is 0 Å². The molecule has 0 bridgehead atoms. The number of urea groups is 1. The van der Waals surface area contributed by atoms with Gasteiger partial charge in [0.25, 0.3) is 0 Å². The Labute approximate surface area is 121 Å². The molecule has 1 saturated carbocycles. The second kappa shape index (κ2) is 6.95. The molecule has 0 radical (unpaired) electrons. The number of carbonyl (C=O) groups excluding carboxylic acids is 1. The number of amides is 2. The standard InChI is InChI=1S/C15H28N2O3/c1-12(2)11-16(3)14(20)17(4)15(10-13(18)19)8-6-5-7-9-15/h12H,5-11H2,1-4H3,(H,18,19). The maximum absolute atomic E-state index is 12.5. The first-order valence-electron chi connectivity index (χ1n) is 7.49. The third-order valence-corrected chi connectivity index (χ3v) is 4.23. The number of hydrogen-bond donors (Lipinski definition) is 1. The van der Waals surface area contributed by atoms with Crippen molar-refractivity contribution in [3.8, 4) is 0 Å². The van der Waals surface area contributed by atoms with Gasteiger partial charge in [-0.1, -0.05) is 33.1 Å². The Balaban J connectivity index is 2.84. The fourth-order valence-electron chi connectivity index (χ4n) is 3.21. The highest BCUT2D eigenvalue weighted by Crippen LogP contribution is 2.36. The van der Waals surface area contributed by atoms with E-state index < -0.39 is 11.5 Å². The largest absolute Gasteiger partial charge is 0.481 e. The van der Waals surface area contributed by atoms with Gasteiger partial charge < -0.3 is 14.9 Å². The summed E-state index contributed by atoms with van der Waals surface area (Å²) in [6, 6.07) is -0.0677. The zero-order chi connectivity index (χ0) is 15.3. The van der Waals surface area contributed by atoms with Gasteiger partial charge in [-0.05, 0) is 18.8 Å². The van der Waals surface area contributed by atoms with Crippen LogP contribution in [0, 0.1) is 5.92 Å². The normalized spacial score (nSPS) is 17.9. The van der Waals surface area contributed by atoms with E-state index in [4.69, 9.17) is 0 Å². The fourth-order valence-corrected chi connectivity index (χ4v) is 3.21. The molecule has 116 valence electrons. The molecule has 0 aromatic heterocycles. The summed E-state index contributed by atoms with van der Waals surface area (Å²) in [5.74, 6) is -0.419. The van der Waals surface area contributed by atoms with Crippen molar-refractivity contribution in [3.05, 3.63) is 0 Å². The van der Waals surface area contributed by atoms with Crippen LogP contribution in [-0.2, 0) is 4.79 Å². The molecule has 2 amide bonds. The molecule has 5 nitrogen and oxygen atoms in total. The summed E-state index contributed by atoms with van der Waals surface area (Å²) < 4.78 is 0. The van der Waals surface area contributed by atoms with Crippen molar-refractivity contribution in [1.29, 1.82) is 0 Å². The molecule has 0 aromatic carbocycles. The molecular weight excluding hydrogens is 256 g/mol. The second-order valence-corrected chi connectivity index (χ2v) is 6.47. The van der Waals surface area contributed by atoms with Gasteiger partial charge in [0.1, 0.15) is 0 Å². The maximum Gasteiger partial charge on any atom is 0.319 e. The van der Waals surface area contributed by atoms with Crippen molar-refractivity contribution in [3.63, 3.8) is 0 Å². The summed E-state index contributed by atoms with van der Waals surface area (Å²) in [7, 11) is 3.55. The van der Waals surface area contributed by atoms with Crippen molar-refractivity contribution < 1.29 is 14.7 Å². The maximum atomic E-state index is 12.5. The smallest absolute Gasteiger partial charge is 0.319 e. The van der Waals surface area contributed by atoms with E-state index in [1.165, 1.54) is 0 Å². The summed E-state index contributed by atoms with van der Waals surface area (Å²) in [5.41, 5.74) is -0.508. The highest BCUT2D eigenvalue weighted by atomic mass is 16.4. The molecule has 0 aliphatic heterocycles. The van der Waals surface area contributed by atoms with Gasteiger partial charge in [0, 0.05) is 20.6 Å². The van der Waals surface area contributed by atoms with E-state index in [0.29, 0.717) is 12.5 Å². The van der Waals surface area contributed by atoms with Crippen molar-refractivity contribution in [2.45, 2.75) is 57.9 Å². The van der Waals surface area contributed by atoms with E-state index >= 15 is 0 Å². The summed E-state index contributed by atoms with van der Waals surface area (Å²) >= 11 is 0. The van der Waals surface area contributed by atoms with Gasteiger partial charge in [0.15, 0.2) is 0 Å². The van der Waals surface area contributed by atoms with Gasteiger partial charge in [-0.25, -0.2) is 4.79 Å². The summed E-state index contributed by atoms with van der Waals surface area (Å²) in [6.45, 7) is 4.82. The minimum absolute atomic E-state index is 0.0464. The second-order valence-electron chi connectivity index (χ2n) is 6.47. The molecule has 0 spiro atoms. The van der Waals surface area contributed by atoms with E-state index in [2.05, 4.69) is 13.8 Å². The van der Waals surface area contributed by atoms with E-state index in [0.717, 1.165) is 32.1 Å². The fraction of sp³-hybridized carbons (Fsp3) is 0.867. The molecule has 1 aliphatic carbocycles. The number of carbonyl (C=O) groups is 2. The number of nitrogens with zero attached hydrogens (tertiary/aromatic N) is 2. The Morgan fingerprint density at radius 2 is 1.70 bits per heavy atom. The molecule has 1 rings (SSSR count). The van der Waals surface area contributed by atoms with Crippen LogP contribution in [0.15, 0.2) is 0 Å². The van der Waals surface area contributed by atoms with Crippen LogP contribution in [0.5, 0.6) is 0 Å². The molecule has 0 heterocycles. The molecule has 20 heavy (non-hydrogen) atoms. The van der Waals surface area contributed by atoms with E-state index in [9.17, 15) is 14.7 Å². The van der Waals surface area contributed by atoms with Crippen LogP contribution in [0.4, 0.5) is 4.79 Å². The third kappa shape index (κ3) is 4.12. The average Bonchev–Trinajstić information content (AvgIpc) is 2.36. The molecule has 5 heteroatoms. The van der Waals surface area contributed by atoms with Gasteiger partial charge in [-0.15, -0.1) is 0 Å². The number of rotatable bonds is 5. The molecule has 1 fully saturated rings. The van der Waals surface area contributed by atoms with Gasteiger partial charge in [-0.2, -0.15) is 0 Å². The molecule has 0 aromatic rings. The lowest BCUT2D eigenvalue weighted by Gasteiger charge is -2.45. The van der Waals surface area contributed by atoms with Gasteiger partial charge >= 0.3 is 12.0 Å². The van der Waals surface area contributed by atoms with Gasteiger partial charge in [0.2, 0.25) is 0 Å². The topological polar surface area (TPSA) is 60.9 Å². The Kier molecular flexibility index (Phi) is 5.84. The van der Waals surface area contributed by atoms with Crippen molar-refractivity contribution in [1.82, 2.24) is 9.80 Å². The number of aliphatic carboxylic acids is 1. The Bertz CT molecular complexity index is 349. The zero-order valence-corrected chi connectivity index (χ0v) is 13.2. The van der Waals surface area contributed by atoms with Crippen LogP contribution in [-0.4, -0.2) is 53.1 Å². The predicted molar refractivity (Wildman–Crippen MR) is 78.7 cm³/mol. The minimum Gasteiger partial charge on any atom is -0.481 e. The predicted octanol–water partition coefficient (Wildman–Crippen LogP) is 2.80. The molecule has 1 N–H and O–H groups in total.